The third kappa shape index (κ3) is 5.29. The summed E-state index contributed by atoms with van der Waals surface area (Å²) in [6.07, 6.45) is 3.91. The lowest BCUT2D eigenvalue weighted by atomic mass is 10.1. The van der Waals surface area contributed by atoms with E-state index in [-0.39, 0.29) is 0 Å². The van der Waals surface area contributed by atoms with Crippen LogP contribution in [-0.4, -0.2) is 48.1 Å². The van der Waals surface area contributed by atoms with Gasteiger partial charge in [0.25, 0.3) is 0 Å². The number of guanidine groups is 1. The summed E-state index contributed by atoms with van der Waals surface area (Å²) in [7, 11) is 0. The van der Waals surface area contributed by atoms with E-state index in [0.717, 1.165) is 50.8 Å². The highest BCUT2D eigenvalue weighted by atomic mass is 32.1. The zero-order valence-corrected chi connectivity index (χ0v) is 16.6. The number of thiophene rings is 1. The van der Waals surface area contributed by atoms with E-state index in [1.807, 2.05) is 29.7 Å². The Kier molecular flexibility index (Phi) is 7.03. The second-order valence-corrected chi connectivity index (χ2v) is 7.66. The molecular formula is C20H29N5S. The topological polar surface area (TPSA) is 52.6 Å². The Hall–Kier alpha value is -1.92. The largest absolute Gasteiger partial charge is 0.357 e. The van der Waals surface area contributed by atoms with Crippen molar-refractivity contribution in [1.82, 2.24) is 20.5 Å². The first-order chi connectivity index (χ1) is 12.8. The molecule has 1 aliphatic heterocycles. The van der Waals surface area contributed by atoms with E-state index in [1.165, 1.54) is 12.0 Å². The van der Waals surface area contributed by atoms with Gasteiger partial charge in [0, 0.05) is 55.4 Å². The quantitative estimate of drug-likeness (QED) is 0.580. The molecule has 6 heteroatoms. The first-order valence-electron chi connectivity index (χ1n) is 9.47. The van der Waals surface area contributed by atoms with Crippen LogP contribution < -0.4 is 10.6 Å². The Morgan fingerprint density at radius 2 is 2.27 bits per heavy atom. The smallest absolute Gasteiger partial charge is 0.191 e. The van der Waals surface area contributed by atoms with Gasteiger partial charge in [0.05, 0.1) is 6.54 Å². The molecule has 0 saturated heterocycles. The van der Waals surface area contributed by atoms with Gasteiger partial charge in [-0.25, -0.2) is 0 Å². The fourth-order valence-electron chi connectivity index (χ4n) is 3.18. The molecule has 0 aliphatic carbocycles. The number of aromatic nitrogens is 1. The number of aliphatic imine (C=N–C) groups is 1. The highest BCUT2D eigenvalue weighted by molar-refractivity contribution is 7.10. The number of nitrogens with zero attached hydrogens (tertiary/aromatic N) is 3. The number of nitrogens with one attached hydrogen (secondary N) is 2. The Bertz CT molecular complexity index is 697. The van der Waals surface area contributed by atoms with E-state index in [9.17, 15) is 0 Å². The third-order valence-electron chi connectivity index (χ3n) is 4.72. The Balaban J connectivity index is 1.48. The predicted octanol–water partition coefficient (Wildman–Crippen LogP) is 2.69. The zero-order valence-electron chi connectivity index (χ0n) is 15.7. The van der Waals surface area contributed by atoms with E-state index < -0.39 is 0 Å². The van der Waals surface area contributed by atoms with Gasteiger partial charge in [0.15, 0.2) is 5.96 Å². The van der Waals surface area contributed by atoms with E-state index in [2.05, 4.69) is 51.9 Å². The number of rotatable bonds is 7. The maximum absolute atomic E-state index is 4.80. The van der Waals surface area contributed by atoms with Gasteiger partial charge >= 0.3 is 0 Å². The average molecular weight is 372 g/mol. The average Bonchev–Trinajstić information content (AvgIpc) is 3.14. The standard InChI is InChI=1S/C20H29N5S/c1-3-21-20(23-11-7-18-6-4-5-10-22-18)24-14-16(2)25-12-8-19-17(15-25)9-13-26-19/h4-6,9-10,13,16H,3,7-8,11-12,14-15H2,1-2H3,(H2,21,23,24). The molecule has 2 N–H and O–H groups in total. The predicted molar refractivity (Wildman–Crippen MR) is 110 cm³/mol. The van der Waals surface area contributed by atoms with Crippen LogP contribution in [0.25, 0.3) is 0 Å². The van der Waals surface area contributed by atoms with Crippen LogP contribution in [0, 0.1) is 0 Å². The molecule has 2 aromatic rings. The van der Waals surface area contributed by atoms with Gasteiger partial charge < -0.3 is 10.6 Å². The summed E-state index contributed by atoms with van der Waals surface area (Å²) in [6, 6.07) is 8.74. The summed E-state index contributed by atoms with van der Waals surface area (Å²) in [6.45, 7) is 9.07. The second kappa shape index (κ2) is 9.69. The molecule has 0 saturated carbocycles. The second-order valence-electron chi connectivity index (χ2n) is 6.66. The van der Waals surface area contributed by atoms with Gasteiger partial charge in [-0.1, -0.05) is 6.07 Å². The minimum atomic E-state index is 0.439. The molecular weight excluding hydrogens is 342 g/mol. The number of hydrogen-bond acceptors (Lipinski definition) is 4. The van der Waals surface area contributed by atoms with Crippen molar-refractivity contribution in [2.75, 3.05) is 26.2 Å². The van der Waals surface area contributed by atoms with Crippen LogP contribution in [0.1, 0.15) is 30.0 Å². The maximum atomic E-state index is 4.80. The summed E-state index contributed by atoms with van der Waals surface area (Å²) in [5.41, 5.74) is 2.60. The highest BCUT2D eigenvalue weighted by Crippen LogP contribution is 2.25. The van der Waals surface area contributed by atoms with Crippen LogP contribution in [0.15, 0.2) is 40.8 Å². The van der Waals surface area contributed by atoms with Gasteiger partial charge in [-0.15, -0.1) is 11.3 Å². The van der Waals surface area contributed by atoms with Crippen molar-refractivity contribution in [2.24, 2.45) is 4.99 Å². The molecule has 0 fully saturated rings. The summed E-state index contributed by atoms with van der Waals surface area (Å²) in [4.78, 5) is 13.3. The van der Waals surface area contributed by atoms with Crippen LogP contribution in [0.4, 0.5) is 0 Å². The monoisotopic (exact) mass is 371 g/mol. The molecule has 0 aromatic carbocycles. The summed E-state index contributed by atoms with van der Waals surface area (Å²) in [5.74, 6) is 0.892. The molecule has 3 rings (SSSR count). The molecule has 140 valence electrons. The van der Waals surface area contributed by atoms with Crippen molar-refractivity contribution >= 4 is 17.3 Å². The minimum absolute atomic E-state index is 0.439. The van der Waals surface area contributed by atoms with Crippen molar-refractivity contribution in [1.29, 1.82) is 0 Å². The van der Waals surface area contributed by atoms with Crippen molar-refractivity contribution < 1.29 is 0 Å². The number of pyridine rings is 1. The van der Waals surface area contributed by atoms with Crippen LogP contribution in [0.5, 0.6) is 0 Å². The van der Waals surface area contributed by atoms with Crippen molar-refractivity contribution in [2.45, 2.75) is 39.3 Å². The summed E-state index contributed by atoms with van der Waals surface area (Å²) < 4.78 is 0. The lowest BCUT2D eigenvalue weighted by Gasteiger charge is -2.31. The highest BCUT2D eigenvalue weighted by Gasteiger charge is 2.21. The lowest BCUT2D eigenvalue weighted by molar-refractivity contribution is 0.197. The summed E-state index contributed by atoms with van der Waals surface area (Å²) in [5, 5.41) is 8.98. The fraction of sp³-hybridized carbons (Fsp3) is 0.500. The van der Waals surface area contributed by atoms with Gasteiger partial charge in [0.1, 0.15) is 0 Å². The van der Waals surface area contributed by atoms with Gasteiger partial charge in [-0.2, -0.15) is 0 Å². The fourth-order valence-corrected chi connectivity index (χ4v) is 4.07. The number of hydrogen-bond donors (Lipinski definition) is 2. The first kappa shape index (κ1) is 18.9. The Morgan fingerprint density at radius 1 is 1.35 bits per heavy atom. The van der Waals surface area contributed by atoms with Crippen LogP contribution in [0.3, 0.4) is 0 Å². The maximum Gasteiger partial charge on any atom is 0.191 e. The molecule has 1 unspecified atom stereocenters. The van der Waals surface area contributed by atoms with Crippen LogP contribution >= 0.6 is 11.3 Å². The third-order valence-corrected chi connectivity index (χ3v) is 5.74. The summed E-state index contributed by atoms with van der Waals surface area (Å²) >= 11 is 1.89. The molecule has 3 heterocycles. The van der Waals surface area contributed by atoms with Crippen LogP contribution in [-0.2, 0) is 19.4 Å². The van der Waals surface area contributed by atoms with Crippen molar-refractivity contribution in [3.8, 4) is 0 Å². The van der Waals surface area contributed by atoms with Gasteiger partial charge in [-0.05, 0) is 49.4 Å². The van der Waals surface area contributed by atoms with Gasteiger partial charge in [0.2, 0.25) is 0 Å². The molecule has 26 heavy (non-hydrogen) atoms. The minimum Gasteiger partial charge on any atom is -0.357 e. The molecule has 0 amide bonds. The molecule has 5 nitrogen and oxygen atoms in total. The lowest BCUT2D eigenvalue weighted by Crippen LogP contribution is -2.42. The van der Waals surface area contributed by atoms with Crippen molar-refractivity contribution in [3.63, 3.8) is 0 Å². The number of fused-ring (bicyclic) bond motifs is 1. The first-order valence-corrected chi connectivity index (χ1v) is 10.4. The molecule has 0 spiro atoms. The molecule has 2 aromatic heterocycles. The van der Waals surface area contributed by atoms with E-state index in [1.54, 1.807) is 4.88 Å². The van der Waals surface area contributed by atoms with E-state index in [0.29, 0.717) is 6.04 Å². The van der Waals surface area contributed by atoms with Crippen LogP contribution in [0.2, 0.25) is 0 Å². The Morgan fingerprint density at radius 3 is 3.08 bits per heavy atom. The zero-order chi connectivity index (χ0) is 18.2. The van der Waals surface area contributed by atoms with E-state index >= 15 is 0 Å². The Labute approximate surface area is 160 Å². The molecule has 0 bridgehead atoms. The molecule has 1 aliphatic rings. The normalized spacial score (nSPS) is 16.2. The molecule has 1 atom stereocenters. The SMILES string of the molecule is CCNC(=NCC(C)N1CCc2sccc2C1)NCCc1ccccn1. The molecule has 0 radical (unpaired) electrons. The van der Waals surface area contributed by atoms with Gasteiger partial charge in [-0.3, -0.25) is 14.9 Å². The van der Waals surface area contributed by atoms with Crippen molar-refractivity contribution in [3.05, 3.63) is 52.0 Å². The van der Waals surface area contributed by atoms with E-state index in [4.69, 9.17) is 4.99 Å².